The Morgan fingerprint density at radius 2 is 2.00 bits per heavy atom. The van der Waals surface area contributed by atoms with Crippen molar-refractivity contribution in [3.8, 4) is 0 Å². The van der Waals surface area contributed by atoms with Crippen molar-refractivity contribution in [2.24, 2.45) is 0 Å². The Hall–Kier alpha value is -0.770. The van der Waals surface area contributed by atoms with Gasteiger partial charge in [-0.2, -0.15) is 0 Å². The fourth-order valence-corrected chi connectivity index (χ4v) is 1.92. The third-order valence-electron chi connectivity index (χ3n) is 2.87. The van der Waals surface area contributed by atoms with Crippen molar-refractivity contribution in [2.75, 3.05) is 40.3 Å². The first-order valence-corrected chi connectivity index (χ1v) is 5.90. The van der Waals surface area contributed by atoms with E-state index in [9.17, 15) is 4.79 Å². The van der Waals surface area contributed by atoms with Gasteiger partial charge in [-0.3, -0.25) is 0 Å². The predicted molar refractivity (Wildman–Crippen MR) is 62.0 cm³/mol. The minimum absolute atomic E-state index is 0.200. The van der Waals surface area contributed by atoms with Gasteiger partial charge in [-0.15, -0.1) is 0 Å². The van der Waals surface area contributed by atoms with Crippen LogP contribution in [0.15, 0.2) is 0 Å². The number of carbonyl (C=O) groups excluding carboxylic acids is 1. The highest BCUT2D eigenvalue weighted by molar-refractivity contribution is 5.74. The maximum Gasteiger partial charge on any atom is 0.319 e. The zero-order valence-electron chi connectivity index (χ0n) is 9.96. The number of hydrogen-bond acceptors (Lipinski definition) is 2. The van der Waals surface area contributed by atoms with E-state index in [1.807, 2.05) is 23.9 Å². The molecule has 15 heavy (non-hydrogen) atoms. The van der Waals surface area contributed by atoms with Crippen molar-refractivity contribution in [1.29, 1.82) is 0 Å². The van der Waals surface area contributed by atoms with E-state index in [0.29, 0.717) is 0 Å². The van der Waals surface area contributed by atoms with Crippen molar-refractivity contribution in [3.05, 3.63) is 0 Å². The fourth-order valence-electron chi connectivity index (χ4n) is 1.92. The molecule has 0 aliphatic carbocycles. The average Bonchev–Trinajstić information content (AvgIpc) is 2.29. The number of hydrogen-bond donors (Lipinski definition) is 1. The molecular weight excluding hydrogens is 190 g/mol. The van der Waals surface area contributed by atoms with Gasteiger partial charge in [0.15, 0.2) is 0 Å². The van der Waals surface area contributed by atoms with Crippen LogP contribution in [0.4, 0.5) is 4.79 Å². The van der Waals surface area contributed by atoms with Crippen molar-refractivity contribution in [1.82, 2.24) is 15.1 Å². The van der Waals surface area contributed by atoms with Crippen LogP contribution in [0, 0.1) is 0 Å². The molecule has 4 nitrogen and oxygen atoms in total. The van der Waals surface area contributed by atoms with E-state index in [1.54, 1.807) is 0 Å². The summed E-state index contributed by atoms with van der Waals surface area (Å²) in [5, 5.41) is 3.09. The summed E-state index contributed by atoms with van der Waals surface area (Å²) in [6.07, 6.45) is 4.62. The van der Waals surface area contributed by atoms with Crippen LogP contribution in [0.5, 0.6) is 0 Å². The highest BCUT2D eigenvalue weighted by Crippen LogP contribution is 2.10. The lowest BCUT2D eigenvalue weighted by Crippen LogP contribution is -2.44. The van der Waals surface area contributed by atoms with Crippen LogP contribution < -0.4 is 5.32 Å². The van der Waals surface area contributed by atoms with Crippen LogP contribution in [-0.4, -0.2) is 56.1 Å². The molecule has 0 aromatic rings. The number of piperidine rings is 1. The Morgan fingerprint density at radius 1 is 1.33 bits per heavy atom. The Kier molecular flexibility index (Phi) is 5.47. The summed E-state index contributed by atoms with van der Waals surface area (Å²) in [6, 6.07) is 0.200. The van der Waals surface area contributed by atoms with Gasteiger partial charge in [0.05, 0.1) is 0 Å². The normalized spacial score (nSPS) is 16.5. The fraction of sp³-hybridized carbons (Fsp3) is 0.909. The summed E-state index contributed by atoms with van der Waals surface area (Å²) < 4.78 is 0. The third kappa shape index (κ3) is 4.08. The molecule has 0 spiro atoms. The first-order chi connectivity index (χ1) is 7.25. The predicted octanol–water partition coefficient (Wildman–Crippen LogP) is 1.13. The summed E-state index contributed by atoms with van der Waals surface area (Å²) in [5.74, 6) is 0. The average molecular weight is 213 g/mol. The summed E-state index contributed by atoms with van der Waals surface area (Å²) in [7, 11) is 3.83. The molecule has 2 amide bonds. The molecule has 1 fully saturated rings. The zero-order chi connectivity index (χ0) is 11.1. The van der Waals surface area contributed by atoms with Crippen LogP contribution in [0.2, 0.25) is 0 Å². The third-order valence-corrected chi connectivity index (χ3v) is 2.87. The second kappa shape index (κ2) is 6.67. The van der Waals surface area contributed by atoms with Gasteiger partial charge in [0.2, 0.25) is 0 Å². The maximum absolute atomic E-state index is 11.9. The van der Waals surface area contributed by atoms with Crippen LogP contribution in [0.25, 0.3) is 0 Å². The highest BCUT2D eigenvalue weighted by Gasteiger charge is 2.19. The number of rotatable bonds is 4. The quantitative estimate of drug-likeness (QED) is 0.711. The summed E-state index contributed by atoms with van der Waals surface area (Å²) >= 11 is 0. The van der Waals surface area contributed by atoms with Gasteiger partial charge in [0, 0.05) is 26.7 Å². The minimum atomic E-state index is 0.200. The summed E-state index contributed by atoms with van der Waals surface area (Å²) in [5.41, 5.74) is 0. The van der Waals surface area contributed by atoms with E-state index in [1.165, 1.54) is 6.42 Å². The number of nitrogens with one attached hydrogen (secondary N) is 1. The molecule has 0 aromatic heterocycles. The number of amides is 2. The van der Waals surface area contributed by atoms with Gasteiger partial charge in [0.25, 0.3) is 0 Å². The topological polar surface area (TPSA) is 35.6 Å². The van der Waals surface area contributed by atoms with Gasteiger partial charge >= 0.3 is 6.03 Å². The van der Waals surface area contributed by atoms with E-state index < -0.39 is 0 Å². The van der Waals surface area contributed by atoms with Gasteiger partial charge in [0.1, 0.15) is 0 Å². The van der Waals surface area contributed by atoms with Crippen LogP contribution in [0.1, 0.15) is 25.7 Å². The van der Waals surface area contributed by atoms with Crippen molar-refractivity contribution in [3.63, 3.8) is 0 Å². The van der Waals surface area contributed by atoms with Crippen LogP contribution in [-0.2, 0) is 0 Å². The van der Waals surface area contributed by atoms with Crippen molar-refractivity contribution < 1.29 is 4.79 Å². The van der Waals surface area contributed by atoms with E-state index in [-0.39, 0.29) is 6.03 Å². The molecule has 1 N–H and O–H groups in total. The molecule has 1 aliphatic heterocycles. The van der Waals surface area contributed by atoms with E-state index in [4.69, 9.17) is 0 Å². The molecule has 0 aromatic carbocycles. The number of carbonyl (C=O) groups is 1. The van der Waals surface area contributed by atoms with Gasteiger partial charge in [-0.25, -0.2) is 4.79 Å². The molecule has 1 rings (SSSR count). The molecular formula is C11H23N3O. The Balaban J connectivity index is 2.24. The molecule has 88 valence electrons. The standard InChI is InChI=1S/C11H23N3O/c1-12-7-6-8-13(2)11(15)14-9-4-3-5-10-14/h12H,3-10H2,1-2H3. The lowest BCUT2D eigenvalue weighted by atomic mass is 10.1. The van der Waals surface area contributed by atoms with E-state index in [2.05, 4.69) is 5.32 Å². The lowest BCUT2D eigenvalue weighted by Gasteiger charge is -2.31. The smallest absolute Gasteiger partial charge is 0.319 e. The molecule has 1 heterocycles. The molecule has 1 saturated heterocycles. The van der Waals surface area contributed by atoms with Crippen LogP contribution in [0.3, 0.4) is 0 Å². The molecule has 0 radical (unpaired) electrons. The first kappa shape index (κ1) is 12.3. The van der Waals surface area contributed by atoms with Gasteiger partial charge in [-0.05, 0) is 39.3 Å². The Bertz CT molecular complexity index is 190. The maximum atomic E-state index is 11.9. The molecule has 4 heteroatoms. The summed E-state index contributed by atoms with van der Waals surface area (Å²) in [4.78, 5) is 15.7. The lowest BCUT2D eigenvalue weighted by molar-refractivity contribution is 0.152. The van der Waals surface area contributed by atoms with Gasteiger partial charge in [-0.1, -0.05) is 0 Å². The molecule has 1 aliphatic rings. The van der Waals surface area contributed by atoms with Gasteiger partial charge < -0.3 is 15.1 Å². The SMILES string of the molecule is CNCCCN(C)C(=O)N1CCCCC1. The van der Waals surface area contributed by atoms with Crippen molar-refractivity contribution in [2.45, 2.75) is 25.7 Å². The first-order valence-electron chi connectivity index (χ1n) is 5.90. The van der Waals surface area contributed by atoms with E-state index >= 15 is 0 Å². The Morgan fingerprint density at radius 3 is 2.60 bits per heavy atom. The highest BCUT2D eigenvalue weighted by atomic mass is 16.2. The zero-order valence-corrected chi connectivity index (χ0v) is 9.96. The number of likely N-dealkylation sites (tertiary alicyclic amines) is 1. The van der Waals surface area contributed by atoms with Crippen LogP contribution >= 0.6 is 0 Å². The second-order valence-electron chi connectivity index (χ2n) is 4.21. The number of nitrogens with zero attached hydrogens (tertiary/aromatic N) is 2. The molecule has 0 bridgehead atoms. The molecule has 0 unspecified atom stereocenters. The van der Waals surface area contributed by atoms with Crippen molar-refractivity contribution >= 4 is 6.03 Å². The largest absolute Gasteiger partial charge is 0.328 e. The Labute approximate surface area is 92.6 Å². The van der Waals surface area contributed by atoms with E-state index in [0.717, 1.165) is 45.4 Å². The minimum Gasteiger partial charge on any atom is -0.328 e. The second-order valence-corrected chi connectivity index (χ2v) is 4.21. The monoisotopic (exact) mass is 213 g/mol. The molecule has 0 saturated carbocycles. The summed E-state index contributed by atoms with van der Waals surface area (Å²) in [6.45, 7) is 3.69. The number of urea groups is 1. The molecule has 0 atom stereocenters.